The molecule has 0 atom stereocenters. The normalized spacial score (nSPS) is 11.0. The van der Waals surface area contributed by atoms with E-state index in [2.05, 4.69) is 5.27 Å². The Morgan fingerprint density at radius 3 is 2.31 bits per heavy atom. The van der Waals surface area contributed by atoms with E-state index in [1.165, 1.54) is 0 Å². The number of aromatic nitrogens is 3. The van der Waals surface area contributed by atoms with Crippen LogP contribution in [0.25, 0.3) is 38.3 Å². The molecule has 0 saturated carbocycles. The van der Waals surface area contributed by atoms with Crippen molar-refractivity contribution in [1.82, 2.24) is 10.3 Å². The molecule has 210 valence electrons. The summed E-state index contributed by atoms with van der Waals surface area (Å²) < 4.78 is 22.5. The summed E-state index contributed by atoms with van der Waals surface area (Å²) in [6.45, 7) is 0. The summed E-state index contributed by atoms with van der Waals surface area (Å²) in [5.41, 5.74) is 9.98. The second kappa shape index (κ2) is 10.9. The van der Waals surface area contributed by atoms with Crippen LogP contribution < -0.4 is 29.7 Å². The number of nitrogens with zero attached hydrogens (tertiary/aromatic N) is 3. The number of hydrogen-bond donors (Lipinski definition) is 1. The standard InChI is InChI=1S/C31H24N4O6S/c1-38-19-11-9-18(10-12-19)35-27(31(37)41-34-35)28(36)29-26(32)25-22(21-15-20(39-2)13-14-24(21)40-3)16-23(33-30(25)42-29)17-7-5-4-6-8-17/h4-16H,1-3H3,(H2-,32,34,36,37). The van der Waals surface area contributed by atoms with Crippen LogP contribution in [0.3, 0.4) is 0 Å². The van der Waals surface area contributed by atoms with Gasteiger partial charge in [-0.25, -0.2) is 4.98 Å². The van der Waals surface area contributed by atoms with Gasteiger partial charge in [-0.2, -0.15) is 0 Å². The van der Waals surface area contributed by atoms with Crippen LogP contribution in [-0.2, 0) is 0 Å². The van der Waals surface area contributed by atoms with Gasteiger partial charge in [0.2, 0.25) is 5.69 Å². The third kappa shape index (κ3) is 4.55. The minimum atomic E-state index is -0.889. The van der Waals surface area contributed by atoms with Crippen LogP contribution in [0.1, 0.15) is 15.4 Å². The Labute approximate surface area is 244 Å². The highest BCUT2D eigenvalue weighted by Gasteiger charge is 2.33. The molecule has 6 rings (SSSR count). The number of methoxy groups -OCH3 is 3. The van der Waals surface area contributed by atoms with E-state index in [4.69, 9.17) is 29.5 Å². The number of fused-ring (bicyclic) bond motifs is 1. The molecule has 11 heteroatoms. The van der Waals surface area contributed by atoms with Crippen LogP contribution in [0, 0.1) is 0 Å². The average Bonchev–Trinajstić information content (AvgIpc) is 3.59. The zero-order valence-electron chi connectivity index (χ0n) is 22.8. The topological polar surface area (TPSA) is 137 Å². The lowest BCUT2D eigenvalue weighted by Crippen LogP contribution is -2.39. The minimum absolute atomic E-state index is 0.133. The number of hydrogen-bond acceptors (Lipinski definition) is 10. The van der Waals surface area contributed by atoms with Crippen molar-refractivity contribution in [3.63, 3.8) is 0 Å². The molecule has 0 fully saturated rings. The van der Waals surface area contributed by atoms with Gasteiger partial charge >= 0.3 is 5.69 Å². The highest BCUT2D eigenvalue weighted by Crippen LogP contribution is 2.45. The van der Waals surface area contributed by atoms with Crippen molar-refractivity contribution in [3.05, 3.63) is 89.4 Å². The number of nitrogen functional groups attached to an aromatic ring is 1. The molecule has 0 spiro atoms. The highest BCUT2D eigenvalue weighted by molar-refractivity contribution is 7.21. The second-order valence-corrected chi connectivity index (χ2v) is 10.2. The molecular formula is C31H24N4O6S. The van der Waals surface area contributed by atoms with Gasteiger partial charge in [-0.15, -0.1) is 11.3 Å². The number of ether oxygens (including phenoxy) is 3. The van der Waals surface area contributed by atoms with Crippen molar-refractivity contribution in [2.24, 2.45) is 0 Å². The fraction of sp³-hybridized carbons (Fsp3) is 0.0968. The van der Waals surface area contributed by atoms with Gasteiger partial charge in [0.25, 0.3) is 5.78 Å². The molecule has 42 heavy (non-hydrogen) atoms. The third-order valence-corrected chi connectivity index (χ3v) is 7.91. The third-order valence-electron chi connectivity index (χ3n) is 6.81. The zero-order valence-corrected chi connectivity index (χ0v) is 23.6. The summed E-state index contributed by atoms with van der Waals surface area (Å²) >= 11 is 1.09. The summed E-state index contributed by atoms with van der Waals surface area (Å²) in [4.78, 5) is 19.5. The fourth-order valence-electron chi connectivity index (χ4n) is 4.73. The molecule has 0 aliphatic heterocycles. The predicted molar refractivity (Wildman–Crippen MR) is 155 cm³/mol. The average molecular weight is 581 g/mol. The maximum absolute atomic E-state index is 14.0. The number of nitrogens with two attached hydrogens (primary N) is 1. The molecular weight excluding hydrogens is 556 g/mol. The van der Waals surface area contributed by atoms with Crippen molar-refractivity contribution >= 4 is 33.0 Å². The van der Waals surface area contributed by atoms with Gasteiger partial charge in [0.15, 0.2) is 5.95 Å². The molecule has 2 N–H and O–H groups in total. The van der Waals surface area contributed by atoms with Crippen LogP contribution in [0.5, 0.6) is 23.2 Å². The van der Waals surface area contributed by atoms with E-state index in [1.807, 2.05) is 42.5 Å². The Bertz CT molecular complexity index is 1930. The van der Waals surface area contributed by atoms with Crippen molar-refractivity contribution in [2.45, 2.75) is 0 Å². The molecule has 10 nitrogen and oxygen atoms in total. The van der Waals surface area contributed by atoms with E-state index in [0.717, 1.165) is 21.6 Å². The molecule has 0 aliphatic carbocycles. The van der Waals surface area contributed by atoms with Gasteiger partial charge in [0, 0.05) is 34.2 Å². The Morgan fingerprint density at radius 2 is 1.62 bits per heavy atom. The lowest BCUT2D eigenvalue weighted by molar-refractivity contribution is -0.672. The number of rotatable bonds is 8. The Kier molecular flexibility index (Phi) is 6.93. The van der Waals surface area contributed by atoms with E-state index >= 15 is 0 Å². The first-order valence-electron chi connectivity index (χ1n) is 12.7. The summed E-state index contributed by atoms with van der Waals surface area (Å²) in [6, 6.07) is 23.7. The van der Waals surface area contributed by atoms with Crippen molar-refractivity contribution in [1.29, 1.82) is 0 Å². The van der Waals surface area contributed by atoms with Gasteiger partial charge in [-0.1, -0.05) is 30.3 Å². The molecule has 0 bridgehead atoms. The molecule has 0 saturated heterocycles. The predicted octanol–water partition coefficient (Wildman–Crippen LogP) is 4.81. The lowest BCUT2D eigenvalue weighted by atomic mass is 9.98. The monoisotopic (exact) mass is 580 g/mol. The summed E-state index contributed by atoms with van der Waals surface area (Å²) in [5, 5.41) is 17.1. The fourth-order valence-corrected chi connectivity index (χ4v) is 5.79. The number of ketones is 1. The molecule has 0 amide bonds. The van der Waals surface area contributed by atoms with Crippen LogP contribution in [0.4, 0.5) is 5.69 Å². The van der Waals surface area contributed by atoms with Gasteiger partial charge in [-0.05, 0) is 41.1 Å². The molecule has 3 heterocycles. The minimum Gasteiger partial charge on any atom is -0.539 e. The smallest absolute Gasteiger partial charge is 0.312 e. The number of carbonyl (C=O) groups is 1. The maximum Gasteiger partial charge on any atom is 0.312 e. The quantitative estimate of drug-likeness (QED) is 0.199. The van der Waals surface area contributed by atoms with Crippen LogP contribution in [0.15, 0.2) is 83.4 Å². The summed E-state index contributed by atoms with van der Waals surface area (Å²) in [5.74, 6) is 0.275. The van der Waals surface area contributed by atoms with Gasteiger partial charge < -0.3 is 29.6 Å². The summed E-state index contributed by atoms with van der Waals surface area (Å²) in [7, 11) is 4.70. The Balaban J connectivity index is 1.58. The van der Waals surface area contributed by atoms with E-state index in [0.29, 0.717) is 50.0 Å². The number of benzene rings is 3. The zero-order chi connectivity index (χ0) is 29.4. The number of thiophene rings is 1. The molecule has 0 radical (unpaired) electrons. The van der Waals surface area contributed by atoms with E-state index < -0.39 is 11.7 Å². The highest BCUT2D eigenvalue weighted by atomic mass is 32.1. The lowest BCUT2D eigenvalue weighted by Gasteiger charge is -2.13. The largest absolute Gasteiger partial charge is 0.539 e. The molecule has 6 aromatic rings. The van der Waals surface area contributed by atoms with Crippen molar-refractivity contribution < 1.29 is 33.3 Å². The SMILES string of the molecule is COc1ccc(-[n+]2noc([O-])c2C(=O)c2sc3nc(-c4ccccc4)cc(-c4cc(OC)ccc4OC)c3c2N)cc1. The van der Waals surface area contributed by atoms with Crippen LogP contribution >= 0.6 is 11.3 Å². The first kappa shape index (κ1) is 26.8. The molecule has 0 aliphatic rings. The first-order chi connectivity index (χ1) is 20.4. The molecule has 0 unspecified atom stereocenters. The van der Waals surface area contributed by atoms with Crippen molar-refractivity contribution in [2.75, 3.05) is 27.1 Å². The van der Waals surface area contributed by atoms with E-state index in [9.17, 15) is 9.90 Å². The second-order valence-electron chi connectivity index (χ2n) is 9.16. The Hall–Kier alpha value is -5.42. The summed E-state index contributed by atoms with van der Waals surface area (Å²) in [6.07, 6.45) is 0. The van der Waals surface area contributed by atoms with Gasteiger partial charge in [-0.3, -0.25) is 4.79 Å². The first-order valence-corrected chi connectivity index (χ1v) is 13.5. The van der Waals surface area contributed by atoms with Gasteiger partial charge in [0.05, 0.1) is 38.0 Å². The van der Waals surface area contributed by atoms with Crippen molar-refractivity contribution in [3.8, 4) is 51.3 Å². The number of pyridine rings is 1. The van der Waals surface area contributed by atoms with Crippen LogP contribution in [0.2, 0.25) is 0 Å². The van der Waals surface area contributed by atoms with E-state index in [-0.39, 0.29) is 16.3 Å². The Morgan fingerprint density at radius 1 is 0.905 bits per heavy atom. The number of anilines is 1. The van der Waals surface area contributed by atoms with Gasteiger partial charge in [0.1, 0.15) is 27.0 Å². The van der Waals surface area contributed by atoms with E-state index in [1.54, 1.807) is 57.7 Å². The molecule has 3 aromatic heterocycles. The number of carbonyl (C=O) groups excluding carboxylic acids is 1. The van der Waals surface area contributed by atoms with Crippen LogP contribution in [-0.4, -0.2) is 37.4 Å². The maximum atomic E-state index is 14.0. The molecule has 3 aromatic carbocycles.